The van der Waals surface area contributed by atoms with Crippen LogP contribution in [0.5, 0.6) is 0 Å². The third kappa shape index (κ3) is 26.4. The number of hydrazone groups is 1. The highest BCUT2D eigenvalue weighted by Gasteiger charge is 1.83. The molecule has 2 heteroatoms. The van der Waals surface area contributed by atoms with Crippen molar-refractivity contribution in [3.63, 3.8) is 0 Å². The Balaban J connectivity index is -0.0000000933. The average Bonchev–Trinajstić information content (AvgIpc) is 2.71. The van der Waals surface area contributed by atoms with Crippen LogP contribution in [-0.2, 0) is 0 Å². The topological polar surface area (TPSA) is 24.4 Å². The lowest BCUT2D eigenvalue weighted by atomic mass is 10.5. The minimum atomic E-state index is 1.03. The quantitative estimate of drug-likeness (QED) is 0.578. The van der Waals surface area contributed by atoms with Crippen LogP contribution >= 0.6 is 0 Å². The van der Waals surface area contributed by atoms with E-state index in [2.05, 4.69) is 10.5 Å². The SMILES string of the molecule is C1=NNCC1.CC.CC.CC. The molecular weight excluding hydrogens is 136 g/mol. The third-order valence-corrected chi connectivity index (χ3v) is 0.568. The largest absolute Gasteiger partial charge is 0.310 e. The molecule has 1 rings (SSSR count). The Labute approximate surface area is 72.1 Å². The highest BCUT2D eigenvalue weighted by atomic mass is 15.3. The Kier molecular flexibility index (Phi) is 52.0. The van der Waals surface area contributed by atoms with E-state index in [1.807, 2.05) is 47.8 Å². The zero-order valence-electron chi connectivity index (χ0n) is 8.94. The molecule has 0 bridgehead atoms. The maximum Gasteiger partial charge on any atom is 0.0379 e. The number of nitrogens with zero attached hydrogens (tertiary/aromatic N) is 1. The van der Waals surface area contributed by atoms with Crippen molar-refractivity contribution in [1.29, 1.82) is 0 Å². The summed E-state index contributed by atoms with van der Waals surface area (Å²) in [6.45, 7) is 13.0. The van der Waals surface area contributed by atoms with Crippen molar-refractivity contribution < 1.29 is 0 Å². The van der Waals surface area contributed by atoms with E-state index >= 15 is 0 Å². The predicted molar refractivity (Wildman–Crippen MR) is 55.2 cm³/mol. The summed E-state index contributed by atoms with van der Waals surface area (Å²) in [5, 5.41) is 3.71. The van der Waals surface area contributed by atoms with Gasteiger partial charge in [0.2, 0.25) is 0 Å². The second-order valence-corrected chi connectivity index (χ2v) is 1.01. The van der Waals surface area contributed by atoms with Crippen LogP contribution in [0.4, 0.5) is 0 Å². The molecule has 1 aliphatic heterocycles. The monoisotopic (exact) mass is 160 g/mol. The Hall–Kier alpha value is -0.530. The molecule has 0 unspecified atom stereocenters. The van der Waals surface area contributed by atoms with Gasteiger partial charge in [0.1, 0.15) is 0 Å². The first-order chi connectivity index (χ1) is 5.50. The summed E-state index contributed by atoms with van der Waals surface area (Å²) in [7, 11) is 0. The molecule has 0 radical (unpaired) electrons. The Morgan fingerprint density at radius 3 is 1.55 bits per heavy atom. The van der Waals surface area contributed by atoms with Gasteiger partial charge in [-0.3, -0.25) is 0 Å². The molecule has 0 atom stereocenters. The molecule has 70 valence electrons. The van der Waals surface area contributed by atoms with Crippen LogP contribution in [0.15, 0.2) is 5.10 Å². The lowest BCUT2D eigenvalue weighted by molar-refractivity contribution is 0.813. The third-order valence-electron chi connectivity index (χ3n) is 0.568. The van der Waals surface area contributed by atoms with E-state index < -0.39 is 0 Å². The fraction of sp³-hybridized carbons (Fsp3) is 0.889. The number of hydrogen-bond acceptors (Lipinski definition) is 2. The van der Waals surface area contributed by atoms with Crippen LogP contribution in [-0.4, -0.2) is 12.8 Å². The van der Waals surface area contributed by atoms with E-state index in [0.717, 1.165) is 13.0 Å². The van der Waals surface area contributed by atoms with Crippen molar-refractivity contribution in [2.75, 3.05) is 6.54 Å². The number of hydrogen-bond donors (Lipinski definition) is 1. The molecule has 0 aliphatic carbocycles. The summed E-state index contributed by atoms with van der Waals surface area (Å²) in [6, 6.07) is 0. The van der Waals surface area contributed by atoms with Crippen molar-refractivity contribution >= 4 is 6.21 Å². The van der Waals surface area contributed by atoms with Crippen molar-refractivity contribution in [1.82, 2.24) is 5.43 Å². The summed E-state index contributed by atoms with van der Waals surface area (Å²) in [5.74, 6) is 0. The summed E-state index contributed by atoms with van der Waals surface area (Å²) in [6.07, 6.45) is 2.97. The van der Waals surface area contributed by atoms with Crippen LogP contribution in [0.1, 0.15) is 48.0 Å². The molecular formula is C9H24N2. The van der Waals surface area contributed by atoms with Gasteiger partial charge >= 0.3 is 0 Å². The van der Waals surface area contributed by atoms with E-state index in [1.165, 1.54) is 0 Å². The fourth-order valence-electron chi connectivity index (χ4n) is 0.323. The molecule has 0 aromatic carbocycles. The van der Waals surface area contributed by atoms with Gasteiger partial charge in [-0.05, 0) is 0 Å². The van der Waals surface area contributed by atoms with Crippen LogP contribution in [0.3, 0.4) is 0 Å². The molecule has 2 nitrogen and oxygen atoms in total. The first kappa shape index (κ1) is 16.8. The predicted octanol–water partition coefficient (Wildman–Crippen LogP) is 3.04. The first-order valence-electron chi connectivity index (χ1n) is 4.74. The summed E-state index contributed by atoms with van der Waals surface area (Å²) in [5.41, 5.74) is 2.79. The highest BCUT2D eigenvalue weighted by Crippen LogP contribution is 1.75. The molecule has 1 heterocycles. The van der Waals surface area contributed by atoms with Crippen LogP contribution in [0.25, 0.3) is 0 Å². The van der Waals surface area contributed by atoms with E-state index in [-0.39, 0.29) is 0 Å². The van der Waals surface area contributed by atoms with E-state index in [1.54, 1.807) is 0 Å². The smallest absolute Gasteiger partial charge is 0.0379 e. The lowest BCUT2D eigenvalue weighted by Gasteiger charge is -1.76. The summed E-state index contributed by atoms with van der Waals surface area (Å²) < 4.78 is 0. The molecule has 1 aliphatic rings. The van der Waals surface area contributed by atoms with Crippen molar-refractivity contribution in [3.8, 4) is 0 Å². The van der Waals surface area contributed by atoms with Crippen molar-refractivity contribution in [2.24, 2.45) is 5.10 Å². The van der Waals surface area contributed by atoms with E-state index in [9.17, 15) is 0 Å². The van der Waals surface area contributed by atoms with Crippen LogP contribution in [0.2, 0.25) is 0 Å². The summed E-state index contributed by atoms with van der Waals surface area (Å²) >= 11 is 0. The van der Waals surface area contributed by atoms with Crippen molar-refractivity contribution in [3.05, 3.63) is 0 Å². The van der Waals surface area contributed by atoms with Gasteiger partial charge < -0.3 is 5.43 Å². The lowest BCUT2D eigenvalue weighted by Crippen LogP contribution is -1.96. The van der Waals surface area contributed by atoms with Gasteiger partial charge in [0.15, 0.2) is 0 Å². The van der Waals surface area contributed by atoms with Gasteiger partial charge in [-0.15, -0.1) is 0 Å². The standard InChI is InChI=1S/C3H6N2.3C2H6/c1-2-4-5-3-1;3*1-2/h2,5H,1,3H2;3*1-2H3. The molecule has 0 spiro atoms. The Bertz CT molecular complexity index is 45.5. The van der Waals surface area contributed by atoms with Gasteiger partial charge in [0.25, 0.3) is 0 Å². The summed E-state index contributed by atoms with van der Waals surface area (Å²) in [4.78, 5) is 0. The minimum Gasteiger partial charge on any atom is -0.310 e. The van der Waals surface area contributed by atoms with Gasteiger partial charge in [-0.1, -0.05) is 41.5 Å². The molecule has 11 heavy (non-hydrogen) atoms. The maximum absolute atomic E-state index is 3.71. The van der Waals surface area contributed by atoms with Crippen LogP contribution < -0.4 is 5.43 Å². The second-order valence-electron chi connectivity index (χ2n) is 1.01. The van der Waals surface area contributed by atoms with Crippen LogP contribution in [0, 0.1) is 0 Å². The fourth-order valence-corrected chi connectivity index (χ4v) is 0.323. The second kappa shape index (κ2) is 34.0. The highest BCUT2D eigenvalue weighted by molar-refractivity contribution is 5.58. The molecule has 1 N–H and O–H groups in total. The Morgan fingerprint density at radius 1 is 1.00 bits per heavy atom. The van der Waals surface area contributed by atoms with Gasteiger partial charge in [0.05, 0.1) is 0 Å². The normalized spacial score (nSPS) is 10.4. The van der Waals surface area contributed by atoms with Gasteiger partial charge in [-0.2, -0.15) is 5.10 Å². The minimum absolute atomic E-state index is 1.03. The van der Waals surface area contributed by atoms with Gasteiger partial charge in [0, 0.05) is 19.2 Å². The molecule has 0 amide bonds. The molecule has 0 aromatic rings. The van der Waals surface area contributed by atoms with Crippen molar-refractivity contribution in [2.45, 2.75) is 48.0 Å². The van der Waals surface area contributed by atoms with E-state index in [0.29, 0.717) is 0 Å². The number of rotatable bonds is 0. The average molecular weight is 160 g/mol. The van der Waals surface area contributed by atoms with Gasteiger partial charge in [-0.25, -0.2) is 0 Å². The molecule has 0 saturated heterocycles. The first-order valence-corrected chi connectivity index (χ1v) is 4.74. The molecule has 0 saturated carbocycles. The number of nitrogens with one attached hydrogen (secondary N) is 1. The molecule has 0 aromatic heterocycles. The molecule has 0 fully saturated rings. The van der Waals surface area contributed by atoms with E-state index in [4.69, 9.17) is 0 Å². The zero-order valence-corrected chi connectivity index (χ0v) is 8.94. The zero-order chi connectivity index (χ0) is 9.54. The maximum atomic E-state index is 3.71. The Morgan fingerprint density at radius 2 is 1.45 bits per heavy atom.